The molecule has 1 heterocycles. The molecule has 0 fully saturated rings. The number of rotatable bonds is 9. The van der Waals surface area contributed by atoms with Crippen molar-refractivity contribution in [2.24, 2.45) is 0 Å². The first kappa shape index (κ1) is 25.1. The molecule has 13 heteroatoms. The number of fused-ring (bicyclic) bond motifs is 3. The largest absolute Gasteiger partial charge is 0.748 e. The minimum atomic E-state index is -4.62. The van der Waals surface area contributed by atoms with Crippen molar-refractivity contribution in [1.29, 1.82) is 0 Å². The third-order valence-electron chi connectivity index (χ3n) is 5.72. The van der Waals surface area contributed by atoms with E-state index in [4.69, 9.17) is 5.26 Å². The normalized spacial score (nSPS) is 16.1. The zero-order valence-corrected chi connectivity index (χ0v) is 20.0. The van der Waals surface area contributed by atoms with Crippen LogP contribution in [0.2, 0.25) is 0 Å². The lowest BCUT2D eigenvalue weighted by atomic mass is 9.80. The van der Waals surface area contributed by atoms with E-state index in [1.165, 1.54) is 6.07 Å². The molecule has 0 aliphatic carbocycles. The van der Waals surface area contributed by atoms with E-state index in [-0.39, 0.29) is 16.2 Å². The van der Waals surface area contributed by atoms with Crippen LogP contribution in [0.3, 0.4) is 0 Å². The Hall–Kier alpha value is -1.58. The van der Waals surface area contributed by atoms with Gasteiger partial charge in [-0.05, 0) is 43.9 Å². The van der Waals surface area contributed by atoms with Gasteiger partial charge in [-0.2, -0.15) is 13.0 Å². The van der Waals surface area contributed by atoms with Crippen LogP contribution in [0.25, 0.3) is 10.8 Å². The molecular formula is C19H23NO9S3. The Kier molecular flexibility index (Phi) is 7.04. The first-order valence-corrected chi connectivity index (χ1v) is 13.3. The monoisotopic (exact) mass is 505 g/mol. The van der Waals surface area contributed by atoms with E-state index in [2.05, 4.69) is 9.37 Å². The molecular weight excluding hydrogens is 482 g/mol. The number of nitrogens with zero attached hydrogens (tertiary/aromatic N) is 1. The molecule has 0 radical (unpaired) electrons. The lowest BCUT2D eigenvalue weighted by Crippen LogP contribution is -2.27. The van der Waals surface area contributed by atoms with E-state index in [0.29, 0.717) is 41.3 Å². The molecule has 3 rings (SSSR count). The highest BCUT2D eigenvalue weighted by Gasteiger charge is 2.45. The van der Waals surface area contributed by atoms with Crippen molar-refractivity contribution in [3.8, 4) is 0 Å². The fraction of sp³-hybridized carbons (Fsp3) is 0.421. The highest BCUT2D eigenvalue weighted by atomic mass is 32.2. The summed E-state index contributed by atoms with van der Waals surface area (Å²) in [5.74, 6) is -0.444. The van der Waals surface area contributed by atoms with Gasteiger partial charge in [0.25, 0.3) is 10.1 Å². The Morgan fingerprint density at radius 3 is 2.44 bits per heavy atom. The van der Waals surface area contributed by atoms with Crippen molar-refractivity contribution in [3.05, 3.63) is 29.8 Å². The molecule has 0 amide bonds. The Morgan fingerprint density at radius 2 is 1.84 bits per heavy atom. The summed E-state index contributed by atoms with van der Waals surface area (Å²) < 4.78 is 73.5. The summed E-state index contributed by atoms with van der Waals surface area (Å²) in [6.45, 7) is 6.21. The quantitative estimate of drug-likeness (QED) is 0.130. The number of benzene rings is 2. The van der Waals surface area contributed by atoms with Crippen LogP contribution in [0.4, 0.5) is 5.69 Å². The van der Waals surface area contributed by atoms with Crippen molar-refractivity contribution < 1.29 is 45.1 Å². The minimum absolute atomic E-state index is 0.211. The second-order valence-electron chi connectivity index (χ2n) is 8.01. The first-order valence-electron chi connectivity index (χ1n) is 9.56. The summed E-state index contributed by atoms with van der Waals surface area (Å²) in [6.07, 6.45) is 0.661. The topological polar surface area (TPSA) is 153 Å². The van der Waals surface area contributed by atoms with Gasteiger partial charge in [0.05, 0.1) is 27.6 Å². The Bertz CT molecular complexity index is 1300. The molecule has 2 aromatic carbocycles. The number of hydrogen-bond donors (Lipinski definition) is 2. The van der Waals surface area contributed by atoms with E-state index in [1.807, 2.05) is 31.4 Å². The molecule has 0 bridgehead atoms. The van der Waals surface area contributed by atoms with Gasteiger partial charge in [0.1, 0.15) is 11.4 Å². The number of hydrogen-bond acceptors (Lipinski definition) is 9. The average Bonchev–Trinajstić information content (AvgIpc) is 2.87. The molecule has 2 N–H and O–H groups in total. The molecule has 1 aliphatic heterocycles. The zero-order chi connectivity index (χ0) is 23.9. The van der Waals surface area contributed by atoms with Gasteiger partial charge < -0.3 is 4.55 Å². The minimum Gasteiger partial charge on any atom is -0.748 e. The van der Waals surface area contributed by atoms with Gasteiger partial charge in [-0.15, -0.1) is 4.33 Å². The van der Waals surface area contributed by atoms with Crippen molar-refractivity contribution in [1.82, 2.24) is 0 Å². The van der Waals surface area contributed by atoms with Crippen LogP contribution in [0.5, 0.6) is 0 Å². The van der Waals surface area contributed by atoms with E-state index >= 15 is 0 Å². The third kappa shape index (κ3) is 4.99. The molecule has 0 saturated heterocycles. The maximum absolute atomic E-state index is 12.3. The summed E-state index contributed by atoms with van der Waals surface area (Å²) in [5, 5.41) is 12.8. The maximum atomic E-state index is 12.3. The third-order valence-corrected chi connectivity index (χ3v) is 7.95. The second kappa shape index (κ2) is 8.99. The van der Waals surface area contributed by atoms with E-state index in [9.17, 15) is 25.9 Å². The van der Waals surface area contributed by atoms with Gasteiger partial charge in [-0.25, -0.2) is 13.7 Å². The van der Waals surface area contributed by atoms with Gasteiger partial charge in [-0.3, -0.25) is 4.55 Å². The van der Waals surface area contributed by atoms with Gasteiger partial charge in [0.15, 0.2) is 5.71 Å². The molecule has 2 aromatic rings. The SMILES string of the molecule is CC1=[N+](CCCCS(=O)(=O)[O-])c2ccc3cc(SOOO)cc(S(=O)(=O)O)c3c2C1(C)C. The first-order chi connectivity index (χ1) is 14.8. The summed E-state index contributed by atoms with van der Waals surface area (Å²) in [4.78, 5) is -0.0256. The van der Waals surface area contributed by atoms with Crippen molar-refractivity contribution in [2.45, 2.75) is 48.8 Å². The van der Waals surface area contributed by atoms with E-state index in [0.717, 1.165) is 11.4 Å². The molecule has 1 aliphatic rings. The standard InChI is InChI=1S/C19H23NO9S3/c1-12-19(2,3)18-15(20(12)8-4-5-9-31(22,23)24)7-6-13-10-14(30-29-28-21)11-16(17(13)18)32(25,26)27/h6-7,10-11H,4-5,8-9H2,1-3H3,(H2-,21,22,23,24,25,26,27). The van der Waals surface area contributed by atoms with E-state index < -0.39 is 31.4 Å². The second-order valence-corrected chi connectivity index (χ2v) is 11.7. The van der Waals surface area contributed by atoms with Crippen LogP contribution < -0.4 is 0 Å². The number of unbranched alkanes of at least 4 members (excludes halogenated alkanes) is 1. The summed E-state index contributed by atoms with van der Waals surface area (Å²) >= 11 is 0.577. The summed E-state index contributed by atoms with van der Waals surface area (Å²) in [5.41, 5.74) is 1.76. The van der Waals surface area contributed by atoms with Gasteiger partial charge in [0.2, 0.25) is 5.69 Å². The van der Waals surface area contributed by atoms with Crippen LogP contribution >= 0.6 is 12.0 Å². The Labute approximate surface area is 190 Å². The zero-order valence-electron chi connectivity index (χ0n) is 17.6. The highest BCUT2D eigenvalue weighted by molar-refractivity contribution is 7.94. The summed E-state index contributed by atoms with van der Waals surface area (Å²) in [7, 11) is -8.91. The lowest BCUT2D eigenvalue weighted by molar-refractivity contribution is -0.439. The van der Waals surface area contributed by atoms with Crippen LogP contribution in [0.15, 0.2) is 34.1 Å². The molecule has 0 spiro atoms. The van der Waals surface area contributed by atoms with Gasteiger partial charge >= 0.3 is 0 Å². The molecule has 0 unspecified atom stereocenters. The van der Waals surface area contributed by atoms with Crippen LogP contribution in [-0.2, 0) is 35.0 Å². The fourth-order valence-electron chi connectivity index (χ4n) is 4.09. The summed E-state index contributed by atoms with van der Waals surface area (Å²) in [6, 6.07) is 6.40. The fourth-order valence-corrected chi connectivity index (χ4v) is 5.93. The van der Waals surface area contributed by atoms with Crippen molar-refractivity contribution in [3.63, 3.8) is 0 Å². The predicted molar refractivity (Wildman–Crippen MR) is 117 cm³/mol. The molecule has 176 valence electrons. The molecule has 32 heavy (non-hydrogen) atoms. The molecule has 0 saturated carbocycles. The van der Waals surface area contributed by atoms with Crippen molar-refractivity contribution in [2.75, 3.05) is 12.3 Å². The smallest absolute Gasteiger partial charge is 0.295 e. The predicted octanol–water partition coefficient (Wildman–Crippen LogP) is 3.24. The van der Waals surface area contributed by atoms with Crippen molar-refractivity contribution >= 4 is 54.5 Å². The molecule has 0 atom stereocenters. The Morgan fingerprint density at radius 1 is 1.16 bits per heavy atom. The average molecular weight is 506 g/mol. The van der Waals surface area contributed by atoms with Gasteiger partial charge in [-0.1, -0.05) is 5.04 Å². The maximum Gasteiger partial charge on any atom is 0.295 e. The van der Waals surface area contributed by atoms with Gasteiger partial charge in [0, 0.05) is 41.0 Å². The molecule has 10 nitrogen and oxygen atoms in total. The van der Waals surface area contributed by atoms with E-state index in [1.54, 1.807) is 12.1 Å². The molecule has 0 aromatic heterocycles. The van der Waals surface area contributed by atoms with Crippen LogP contribution in [0, 0.1) is 0 Å². The van der Waals surface area contributed by atoms with Crippen LogP contribution in [0.1, 0.15) is 39.2 Å². The highest BCUT2D eigenvalue weighted by Crippen LogP contribution is 2.46. The lowest BCUT2D eigenvalue weighted by Gasteiger charge is -2.19. The van der Waals surface area contributed by atoms with Crippen LogP contribution in [-0.4, -0.2) is 53.8 Å². The Balaban J connectivity index is 2.15.